The van der Waals surface area contributed by atoms with Crippen molar-refractivity contribution in [1.29, 1.82) is 0 Å². The summed E-state index contributed by atoms with van der Waals surface area (Å²) in [6, 6.07) is 10.6. The second kappa shape index (κ2) is 10.9. The maximum Gasteiger partial charge on any atom is 0.248 e. The van der Waals surface area contributed by atoms with Crippen LogP contribution in [0.5, 0.6) is 5.75 Å². The predicted molar refractivity (Wildman–Crippen MR) is 160 cm³/mol. The molecule has 5 rings (SSSR count). The molecule has 8 nitrogen and oxygen atoms in total. The van der Waals surface area contributed by atoms with Crippen molar-refractivity contribution in [2.45, 2.75) is 44.9 Å². The van der Waals surface area contributed by atoms with Crippen molar-refractivity contribution in [3.05, 3.63) is 81.3 Å². The minimum absolute atomic E-state index is 0.113. The van der Waals surface area contributed by atoms with Gasteiger partial charge >= 0.3 is 0 Å². The molecule has 1 aromatic heterocycles. The molecular weight excluding hydrogens is 582 g/mol. The summed E-state index contributed by atoms with van der Waals surface area (Å²) in [6.45, 7) is 6.17. The number of benzene rings is 2. The lowest BCUT2D eigenvalue weighted by molar-refractivity contribution is -0.123. The second-order valence-electron chi connectivity index (χ2n) is 12.1. The molecule has 0 unspecified atom stereocenters. The fourth-order valence-corrected chi connectivity index (χ4v) is 7.10. The molecule has 1 aliphatic heterocycles. The molecule has 1 spiro atoms. The summed E-state index contributed by atoms with van der Waals surface area (Å²) in [5.74, 6) is -4.08. The molecule has 2 aromatic carbocycles. The van der Waals surface area contributed by atoms with Crippen molar-refractivity contribution in [3.63, 3.8) is 0 Å². The molecule has 0 saturated heterocycles. The number of aromatic nitrogens is 1. The summed E-state index contributed by atoms with van der Waals surface area (Å²) in [4.78, 5) is 44.4. The second-order valence-corrected chi connectivity index (χ2v) is 12.9. The summed E-state index contributed by atoms with van der Waals surface area (Å²) in [5, 5.41) is 5.94. The molecule has 1 saturated carbocycles. The molecule has 4 atom stereocenters. The molecule has 11 heteroatoms. The maximum atomic E-state index is 15.9. The van der Waals surface area contributed by atoms with Crippen LogP contribution in [0.4, 0.5) is 15.8 Å². The van der Waals surface area contributed by atoms with Crippen molar-refractivity contribution in [3.8, 4) is 5.75 Å². The molecule has 0 bridgehead atoms. The van der Waals surface area contributed by atoms with Gasteiger partial charge in [0.05, 0.1) is 23.2 Å². The van der Waals surface area contributed by atoms with Gasteiger partial charge in [0.1, 0.15) is 16.7 Å². The van der Waals surface area contributed by atoms with Gasteiger partial charge in [0.15, 0.2) is 0 Å². The van der Waals surface area contributed by atoms with E-state index in [0.29, 0.717) is 23.4 Å². The summed E-state index contributed by atoms with van der Waals surface area (Å²) in [7, 11) is 1.40. The number of primary amides is 1. The van der Waals surface area contributed by atoms with Crippen LogP contribution in [0.2, 0.25) is 10.2 Å². The van der Waals surface area contributed by atoms with Gasteiger partial charge in [-0.2, -0.15) is 0 Å². The molecule has 3 amide bonds. The number of anilines is 2. The highest BCUT2D eigenvalue weighted by atomic mass is 35.5. The standard InChI is InChI=1S/C31H31Cl2FN4O4/c1-30(2,3)13-16-11-18(28(40)37-21-9-8-15(27(35)39)10-23(21)42-4)25(17-6-5-7-20(32)26(17)34)31(16)19-14-36-24(33)12-22(19)38-29(31)41/h5-10,12,14,16,18,25H,11,13H2,1-4H3,(H2,35,39)(H,37,40)(H,38,41)/t16-,18+,25-,31-/m1/s1. The van der Waals surface area contributed by atoms with E-state index in [9.17, 15) is 14.4 Å². The number of carbonyl (C=O) groups is 3. The summed E-state index contributed by atoms with van der Waals surface area (Å²) in [5.41, 5.74) is 5.55. The van der Waals surface area contributed by atoms with Gasteiger partial charge in [0, 0.05) is 34.8 Å². The highest BCUT2D eigenvalue weighted by Crippen LogP contribution is 2.64. The van der Waals surface area contributed by atoms with E-state index in [1.807, 2.05) is 0 Å². The third-order valence-electron chi connectivity index (χ3n) is 8.27. The molecule has 42 heavy (non-hydrogen) atoms. The van der Waals surface area contributed by atoms with Crippen LogP contribution < -0.4 is 21.1 Å². The smallest absolute Gasteiger partial charge is 0.248 e. The number of fused-ring (bicyclic) bond motifs is 2. The monoisotopic (exact) mass is 612 g/mol. The van der Waals surface area contributed by atoms with Gasteiger partial charge in [-0.15, -0.1) is 0 Å². The molecule has 2 aliphatic rings. The Labute approximate surface area is 253 Å². The van der Waals surface area contributed by atoms with Crippen LogP contribution in [0, 0.1) is 23.1 Å². The van der Waals surface area contributed by atoms with Crippen LogP contribution >= 0.6 is 23.2 Å². The molecule has 1 aliphatic carbocycles. The zero-order valence-corrected chi connectivity index (χ0v) is 25.1. The molecule has 2 heterocycles. The predicted octanol–water partition coefficient (Wildman–Crippen LogP) is 6.32. The fourth-order valence-electron chi connectivity index (χ4n) is 6.76. The Morgan fingerprint density at radius 1 is 1.21 bits per heavy atom. The van der Waals surface area contributed by atoms with E-state index >= 15 is 4.39 Å². The number of ether oxygens (including phenoxy) is 1. The van der Waals surface area contributed by atoms with Gasteiger partial charge in [-0.1, -0.05) is 56.1 Å². The van der Waals surface area contributed by atoms with Crippen LogP contribution in [0.1, 0.15) is 61.0 Å². The Balaban J connectivity index is 1.70. The lowest BCUT2D eigenvalue weighted by atomic mass is 9.62. The van der Waals surface area contributed by atoms with Gasteiger partial charge in [-0.05, 0) is 60.1 Å². The number of methoxy groups -OCH3 is 1. The minimum atomic E-state index is -1.34. The molecule has 1 fully saturated rings. The lowest BCUT2D eigenvalue weighted by Crippen LogP contribution is -2.45. The topological polar surface area (TPSA) is 123 Å². The van der Waals surface area contributed by atoms with Crippen LogP contribution in [-0.2, 0) is 15.0 Å². The zero-order valence-electron chi connectivity index (χ0n) is 23.6. The Kier molecular flexibility index (Phi) is 7.70. The van der Waals surface area contributed by atoms with E-state index < -0.39 is 34.9 Å². The number of carbonyl (C=O) groups excluding carboxylic acids is 3. The molecule has 3 aromatic rings. The zero-order chi connectivity index (χ0) is 30.6. The number of amides is 3. The van der Waals surface area contributed by atoms with E-state index in [-0.39, 0.29) is 50.7 Å². The quantitative estimate of drug-likeness (QED) is 0.281. The van der Waals surface area contributed by atoms with Gasteiger partial charge in [0.25, 0.3) is 0 Å². The van der Waals surface area contributed by atoms with Gasteiger partial charge in [-0.25, -0.2) is 9.37 Å². The number of nitrogens with one attached hydrogen (secondary N) is 2. The Hall–Kier alpha value is -3.69. The largest absolute Gasteiger partial charge is 0.495 e. The number of rotatable bonds is 6. The number of nitrogens with zero attached hydrogens (tertiary/aromatic N) is 1. The Morgan fingerprint density at radius 3 is 2.62 bits per heavy atom. The number of hydrogen-bond acceptors (Lipinski definition) is 5. The van der Waals surface area contributed by atoms with E-state index in [4.69, 9.17) is 33.7 Å². The number of nitrogens with two attached hydrogens (primary N) is 1. The molecule has 4 N–H and O–H groups in total. The Morgan fingerprint density at radius 2 is 1.95 bits per heavy atom. The first-order valence-electron chi connectivity index (χ1n) is 13.5. The number of pyridine rings is 1. The van der Waals surface area contributed by atoms with Crippen molar-refractivity contribution < 1.29 is 23.5 Å². The van der Waals surface area contributed by atoms with Gasteiger partial charge in [0.2, 0.25) is 17.7 Å². The van der Waals surface area contributed by atoms with Crippen molar-refractivity contribution in [1.82, 2.24) is 4.98 Å². The first kappa shape index (κ1) is 29.8. The normalized spacial score (nSPS) is 23.0. The van der Waals surface area contributed by atoms with Crippen molar-refractivity contribution in [2.24, 2.45) is 23.0 Å². The minimum Gasteiger partial charge on any atom is -0.495 e. The van der Waals surface area contributed by atoms with Gasteiger partial charge < -0.3 is 21.1 Å². The first-order chi connectivity index (χ1) is 19.8. The number of hydrogen-bond donors (Lipinski definition) is 3. The fraction of sp³-hybridized carbons (Fsp3) is 0.355. The Bertz CT molecular complexity index is 1610. The highest BCUT2D eigenvalue weighted by Gasteiger charge is 2.66. The van der Waals surface area contributed by atoms with Crippen molar-refractivity contribution in [2.75, 3.05) is 17.7 Å². The molecular formula is C31H31Cl2FN4O4. The van der Waals surface area contributed by atoms with Crippen LogP contribution in [0.25, 0.3) is 0 Å². The molecule has 220 valence electrons. The van der Waals surface area contributed by atoms with Crippen molar-refractivity contribution >= 4 is 52.3 Å². The van der Waals surface area contributed by atoms with Crippen LogP contribution in [0.15, 0.2) is 48.7 Å². The van der Waals surface area contributed by atoms with E-state index in [1.54, 1.807) is 24.4 Å². The average molecular weight is 614 g/mol. The average Bonchev–Trinajstić information content (AvgIpc) is 3.39. The lowest BCUT2D eigenvalue weighted by Gasteiger charge is -2.38. The summed E-state index contributed by atoms with van der Waals surface area (Å²) < 4.78 is 21.3. The van der Waals surface area contributed by atoms with Crippen LogP contribution in [-0.4, -0.2) is 29.8 Å². The third-order valence-corrected chi connectivity index (χ3v) is 8.77. The summed E-state index contributed by atoms with van der Waals surface area (Å²) >= 11 is 12.5. The van der Waals surface area contributed by atoms with E-state index in [1.165, 1.54) is 31.4 Å². The maximum absolute atomic E-state index is 15.9. The number of halogens is 3. The third kappa shape index (κ3) is 4.98. The molecule has 0 radical (unpaired) electrons. The SMILES string of the molecule is COc1cc(C(N)=O)ccc1NC(=O)[C@H]1C[C@H](CC(C)(C)C)[C@]2(C(=O)Nc3cc(Cl)ncc32)[C@@H]1c1cccc(Cl)c1F. The van der Waals surface area contributed by atoms with Crippen LogP contribution in [0.3, 0.4) is 0 Å². The van der Waals surface area contributed by atoms with E-state index in [2.05, 4.69) is 36.4 Å². The summed E-state index contributed by atoms with van der Waals surface area (Å²) in [6.07, 6.45) is 2.38. The highest BCUT2D eigenvalue weighted by molar-refractivity contribution is 6.31. The first-order valence-corrected chi connectivity index (χ1v) is 14.2. The van der Waals surface area contributed by atoms with E-state index in [0.717, 1.165) is 0 Å². The van der Waals surface area contributed by atoms with Gasteiger partial charge in [-0.3, -0.25) is 14.4 Å².